The normalized spacial score (nSPS) is 34.1. The Morgan fingerprint density at radius 3 is 2.69 bits per heavy atom. The van der Waals surface area contributed by atoms with E-state index in [0.29, 0.717) is 11.5 Å². The minimum absolute atomic E-state index is 0.595. The third-order valence-electron chi connectivity index (χ3n) is 4.66. The first-order valence-electron chi connectivity index (χ1n) is 7.14. The van der Waals surface area contributed by atoms with Crippen molar-refractivity contribution in [3.8, 4) is 0 Å². The second-order valence-electron chi connectivity index (χ2n) is 6.33. The van der Waals surface area contributed by atoms with Crippen LogP contribution in [0.5, 0.6) is 0 Å². The molecular weight excluding hydrogens is 196 g/mol. The third kappa shape index (κ3) is 3.21. The molecule has 2 aliphatic rings. The van der Waals surface area contributed by atoms with Crippen molar-refractivity contribution in [2.45, 2.75) is 58.4 Å². The van der Waals surface area contributed by atoms with Gasteiger partial charge in [-0.15, -0.1) is 0 Å². The second-order valence-corrected chi connectivity index (χ2v) is 6.33. The van der Waals surface area contributed by atoms with Gasteiger partial charge in [0, 0.05) is 19.1 Å². The molecule has 2 unspecified atom stereocenters. The molecule has 0 aromatic carbocycles. The maximum Gasteiger partial charge on any atom is 0.0218 e. The second kappa shape index (κ2) is 5.50. The van der Waals surface area contributed by atoms with E-state index in [2.05, 4.69) is 24.5 Å². The highest BCUT2D eigenvalue weighted by Gasteiger charge is 2.28. The van der Waals surface area contributed by atoms with Gasteiger partial charge in [0.2, 0.25) is 0 Å². The predicted octanol–water partition coefficient (Wildman–Crippen LogP) is 2.54. The third-order valence-corrected chi connectivity index (χ3v) is 4.66. The summed E-state index contributed by atoms with van der Waals surface area (Å²) in [6.45, 7) is 8.43. The lowest BCUT2D eigenvalue weighted by atomic mass is 9.88. The predicted molar refractivity (Wildman–Crippen MR) is 69.6 cm³/mol. The molecular formula is C14H28N2. The summed E-state index contributed by atoms with van der Waals surface area (Å²) in [5.74, 6) is 0.845. The average Bonchev–Trinajstić information content (AvgIpc) is 2.68. The Hall–Kier alpha value is -0.0800. The molecule has 2 heteroatoms. The first-order chi connectivity index (χ1) is 7.70. The molecule has 0 radical (unpaired) electrons. The Bertz CT molecular complexity index is 209. The molecule has 2 atom stereocenters. The zero-order valence-electron chi connectivity index (χ0n) is 11.0. The van der Waals surface area contributed by atoms with Gasteiger partial charge in [0.1, 0.15) is 0 Å². The summed E-state index contributed by atoms with van der Waals surface area (Å²) in [4.78, 5) is 0. The molecule has 16 heavy (non-hydrogen) atoms. The van der Waals surface area contributed by atoms with Gasteiger partial charge < -0.3 is 10.6 Å². The van der Waals surface area contributed by atoms with E-state index in [0.717, 1.165) is 12.5 Å². The molecule has 0 spiro atoms. The Kier molecular flexibility index (Phi) is 4.26. The van der Waals surface area contributed by atoms with Crippen molar-refractivity contribution in [3.63, 3.8) is 0 Å². The van der Waals surface area contributed by atoms with Gasteiger partial charge in [-0.1, -0.05) is 26.7 Å². The van der Waals surface area contributed by atoms with Gasteiger partial charge in [-0.2, -0.15) is 0 Å². The van der Waals surface area contributed by atoms with Crippen molar-refractivity contribution < 1.29 is 0 Å². The molecule has 1 saturated carbocycles. The van der Waals surface area contributed by atoms with Crippen molar-refractivity contribution in [1.29, 1.82) is 0 Å². The number of piperidine rings is 1. The van der Waals surface area contributed by atoms with Crippen LogP contribution in [-0.2, 0) is 0 Å². The van der Waals surface area contributed by atoms with Gasteiger partial charge in [0.15, 0.2) is 0 Å². The van der Waals surface area contributed by atoms with E-state index in [1.165, 1.54) is 51.6 Å². The fraction of sp³-hybridized carbons (Fsp3) is 1.00. The number of hydrogen-bond acceptors (Lipinski definition) is 2. The molecule has 0 aromatic heterocycles. The molecule has 0 bridgehead atoms. The summed E-state index contributed by atoms with van der Waals surface area (Å²) in [7, 11) is 0. The number of rotatable bonds is 4. The SMILES string of the molecule is CC1CCCNC1CNCC1(C)CCCC1. The van der Waals surface area contributed by atoms with Crippen LogP contribution >= 0.6 is 0 Å². The summed E-state index contributed by atoms with van der Waals surface area (Å²) in [6.07, 6.45) is 8.49. The van der Waals surface area contributed by atoms with Crippen LogP contribution < -0.4 is 10.6 Å². The standard InChI is InChI=1S/C14H28N2/c1-12-6-5-9-16-13(12)10-15-11-14(2)7-3-4-8-14/h12-13,15-16H,3-11H2,1-2H3. The quantitative estimate of drug-likeness (QED) is 0.767. The van der Waals surface area contributed by atoms with E-state index in [9.17, 15) is 0 Å². The fourth-order valence-electron chi connectivity index (χ4n) is 3.32. The molecule has 1 heterocycles. The lowest BCUT2D eigenvalue weighted by molar-refractivity contribution is 0.263. The van der Waals surface area contributed by atoms with Gasteiger partial charge in [0.25, 0.3) is 0 Å². The molecule has 2 rings (SSSR count). The molecule has 1 aliphatic heterocycles. The highest BCUT2D eigenvalue weighted by molar-refractivity contribution is 4.85. The topological polar surface area (TPSA) is 24.1 Å². The van der Waals surface area contributed by atoms with E-state index < -0.39 is 0 Å². The van der Waals surface area contributed by atoms with Crippen LogP contribution in [0.1, 0.15) is 52.4 Å². The Morgan fingerprint density at radius 2 is 2.00 bits per heavy atom. The van der Waals surface area contributed by atoms with Crippen LogP contribution in [-0.4, -0.2) is 25.7 Å². The minimum Gasteiger partial charge on any atom is -0.315 e. The zero-order valence-corrected chi connectivity index (χ0v) is 11.0. The lowest BCUT2D eigenvalue weighted by Crippen LogP contribution is -2.48. The largest absolute Gasteiger partial charge is 0.315 e. The van der Waals surface area contributed by atoms with Crippen LogP contribution in [0.4, 0.5) is 0 Å². The van der Waals surface area contributed by atoms with Crippen LogP contribution in [0.2, 0.25) is 0 Å². The lowest BCUT2D eigenvalue weighted by Gasteiger charge is -2.32. The molecule has 2 fully saturated rings. The highest BCUT2D eigenvalue weighted by atomic mass is 15.0. The molecule has 2 N–H and O–H groups in total. The maximum atomic E-state index is 3.71. The van der Waals surface area contributed by atoms with Gasteiger partial charge in [-0.25, -0.2) is 0 Å². The summed E-state index contributed by atoms with van der Waals surface area (Å²) in [5.41, 5.74) is 0.595. The minimum atomic E-state index is 0.595. The van der Waals surface area contributed by atoms with Gasteiger partial charge >= 0.3 is 0 Å². The molecule has 2 nitrogen and oxygen atoms in total. The highest BCUT2D eigenvalue weighted by Crippen LogP contribution is 2.36. The number of nitrogens with one attached hydrogen (secondary N) is 2. The van der Waals surface area contributed by atoms with Crippen molar-refractivity contribution >= 4 is 0 Å². The first kappa shape index (κ1) is 12.4. The summed E-state index contributed by atoms with van der Waals surface area (Å²) >= 11 is 0. The monoisotopic (exact) mass is 224 g/mol. The van der Waals surface area contributed by atoms with Crippen molar-refractivity contribution in [2.75, 3.05) is 19.6 Å². The van der Waals surface area contributed by atoms with Crippen molar-refractivity contribution in [3.05, 3.63) is 0 Å². The Labute approximate surface area is 101 Å². The molecule has 94 valence electrons. The van der Waals surface area contributed by atoms with Crippen molar-refractivity contribution in [1.82, 2.24) is 10.6 Å². The van der Waals surface area contributed by atoms with Crippen molar-refractivity contribution in [2.24, 2.45) is 11.3 Å². The van der Waals surface area contributed by atoms with Gasteiger partial charge in [-0.05, 0) is 43.6 Å². The summed E-state index contributed by atoms with van der Waals surface area (Å²) in [6, 6.07) is 0.707. The zero-order chi connectivity index (χ0) is 11.4. The Balaban J connectivity index is 1.66. The fourth-order valence-corrected chi connectivity index (χ4v) is 3.32. The van der Waals surface area contributed by atoms with E-state index in [1.54, 1.807) is 0 Å². The van der Waals surface area contributed by atoms with Gasteiger partial charge in [0.05, 0.1) is 0 Å². The van der Waals surface area contributed by atoms with Gasteiger partial charge in [-0.3, -0.25) is 0 Å². The summed E-state index contributed by atoms with van der Waals surface area (Å²) in [5, 5.41) is 7.35. The first-order valence-corrected chi connectivity index (χ1v) is 7.14. The summed E-state index contributed by atoms with van der Waals surface area (Å²) < 4.78 is 0. The number of hydrogen-bond donors (Lipinski definition) is 2. The van der Waals surface area contributed by atoms with Crippen LogP contribution in [0.15, 0.2) is 0 Å². The van der Waals surface area contributed by atoms with E-state index >= 15 is 0 Å². The average molecular weight is 224 g/mol. The van der Waals surface area contributed by atoms with E-state index in [1.807, 2.05) is 0 Å². The van der Waals surface area contributed by atoms with E-state index in [-0.39, 0.29) is 0 Å². The maximum absolute atomic E-state index is 3.71. The van der Waals surface area contributed by atoms with Crippen LogP contribution in [0.3, 0.4) is 0 Å². The van der Waals surface area contributed by atoms with Crippen LogP contribution in [0.25, 0.3) is 0 Å². The molecule has 0 aromatic rings. The molecule has 0 amide bonds. The smallest absolute Gasteiger partial charge is 0.0218 e. The molecule has 1 saturated heterocycles. The van der Waals surface area contributed by atoms with E-state index in [4.69, 9.17) is 0 Å². The Morgan fingerprint density at radius 1 is 1.25 bits per heavy atom. The molecule has 1 aliphatic carbocycles. The van der Waals surface area contributed by atoms with Crippen LogP contribution in [0, 0.1) is 11.3 Å².